The number of benzene rings is 1. The molecule has 7 nitrogen and oxygen atoms in total. The summed E-state index contributed by atoms with van der Waals surface area (Å²) in [6, 6.07) is 3.39. The van der Waals surface area contributed by atoms with Crippen LogP contribution in [0, 0.1) is 23.0 Å². The van der Waals surface area contributed by atoms with E-state index in [-0.39, 0.29) is 11.4 Å². The molecule has 2 saturated heterocycles. The first-order valence-electron chi connectivity index (χ1n) is 9.46. The first-order chi connectivity index (χ1) is 12.6. The topological polar surface area (TPSA) is 80.1 Å². The van der Waals surface area contributed by atoms with Crippen LogP contribution >= 0.6 is 0 Å². The number of aryl methyl sites for hydroxylation is 1. The number of rotatable bonds is 5. The molecule has 1 aromatic carbocycles. The monoisotopic (exact) mass is 377 g/mol. The Labute approximate surface area is 160 Å². The molecule has 2 heterocycles. The van der Waals surface area contributed by atoms with Gasteiger partial charge in [0.15, 0.2) is 5.75 Å². The van der Waals surface area contributed by atoms with Crippen molar-refractivity contribution in [3.63, 3.8) is 0 Å². The molecule has 27 heavy (non-hydrogen) atoms. The smallest absolute Gasteiger partial charge is 0.487 e. The van der Waals surface area contributed by atoms with E-state index in [0.29, 0.717) is 31.2 Å². The maximum atomic E-state index is 11.7. The molecule has 0 radical (unpaired) electrons. The number of nitrogens with zero attached hydrogens (tertiary/aromatic N) is 1. The summed E-state index contributed by atoms with van der Waals surface area (Å²) < 4.78 is 23.6. The van der Waals surface area contributed by atoms with Crippen LogP contribution in [0.15, 0.2) is 12.1 Å². The van der Waals surface area contributed by atoms with Crippen LogP contribution in [0.4, 0.5) is 5.69 Å². The molecule has 0 unspecified atom stereocenters. The number of hydrogen-bond donors (Lipinski definition) is 0. The van der Waals surface area contributed by atoms with Crippen molar-refractivity contribution < 1.29 is 23.7 Å². The second kappa shape index (κ2) is 7.41. The summed E-state index contributed by atoms with van der Waals surface area (Å²) in [4.78, 5) is 11.3. The molecule has 3 rings (SSSR count). The van der Waals surface area contributed by atoms with Crippen molar-refractivity contribution >= 4 is 18.3 Å². The molecular formula is C19H28BNO6. The van der Waals surface area contributed by atoms with Gasteiger partial charge in [-0.15, -0.1) is 0 Å². The third kappa shape index (κ3) is 4.12. The zero-order valence-corrected chi connectivity index (χ0v) is 16.7. The van der Waals surface area contributed by atoms with Crippen LogP contribution in [0.1, 0.15) is 46.1 Å². The highest BCUT2D eigenvalue weighted by molar-refractivity contribution is 6.63. The fraction of sp³-hybridized carbons (Fsp3) is 0.684. The van der Waals surface area contributed by atoms with Gasteiger partial charge in [-0.25, -0.2) is 0 Å². The minimum Gasteiger partial charge on any atom is -0.487 e. The largest absolute Gasteiger partial charge is 0.498 e. The molecule has 0 aromatic heterocycles. The summed E-state index contributed by atoms with van der Waals surface area (Å²) in [5.41, 5.74) is 0.228. The first-order valence-corrected chi connectivity index (χ1v) is 9.46. The van der Waals surface area contributed by atoms with Crippen LogP contribution in [-0.2, 0) is 14.0 Å². The second-order valence-electron chi connectivity index (χ2n) is 8.41. The summed E-state index contributed by atoms with van der Waals surface area (Å²) in [6.45, 7) is 11.5. The summed E-state index contributed by atoms with van der Waals surface area (Å²) >= 11 is 0. The van der Waals surface area contributed by atoms with Gasteiger partial charge in [0.2, 0.25) is 0 Å². The van der Waals surface area contributed by atoms with Crippen molar-refractivity contribution in [2.45, 2.75) is 58.7 Å². The molecule has 2 aliphatic heterocycles. The van der Waals surface area contributed by atoms with Crippen molar-refractivity contribution in [3.8, 4) is 5.75 Å². The summed E-state index contributed by atoms with van der Waals surface area (Å²) in [5.74, 6) is 0.571. The Balaban J connectivity index is 1.93. The molecule has 2 aliphatic rings. The fourth-order valence-corrected chi connectivity index (χ4v) is 3.33. The lowest BCUT2D eigenvalue weighted by Gasteiger charge is -2.32. The maximum Gasteiger partial charge on any atom is 0.498 e. The van der Waals surface area contributed by atoms with Crippen LogP contribution in [0.3, 0.4) is 0 Å². The van der Waals surface area contributed by atoms with E-state index >= 15 is 0 Å². The third-order valence-electron chi connectivity index (χ3n) is 5.75. The number of ether oxygens (including phenoxy) is 2. The minimum atomic E-state index is -0.710. The van der Waals surface area contributed by atoms with Gasteiger partial charge in [-0.1, -0.05) is 6.07 Å². The summed E-state index contributed by atoms with van der Waals surface area (Å²) in [7, 11) is -0.710. The van der Waals surface area contributed by atoms with Crippen molar-refractivity contribution in [3.05, 3.63) is 27.8 Å². The van der Waals surface area contributed by atoms with Crippen LogP contribution in [0.25, 0.3) is 0 Å². The van der Waals surface area contributed by atoms with Gasteiger partial charge in [-0.2, -0.15) is 0 Å². The van der Waals surface area contributed by atoms with E-state index < -0.39 is 23.2 Å². The Morgan fingerprint density at radius 1 is 1.19 bits per heavy atom. The Morgan fingerprint density at radius 3 is 2.33 bits per heavy atom. The van der Waals surface area contributed by atoms with E-state index in [1.165, 1.54) is 6.07 Å². The highest BCUT2D eigenvalue weighted by atomic mass is 16.7. The molecule has 0 N–H and O–H groups in total. The van der Waals surface area contributed by atoms with Gasteiger partial charge in [0, 0.05) is 24.7 Å². The zero-order chi connectivity index (χ0) is 19.8. The van der Waals surface area contributed by atoms with E-state index in [0.717, 1.165) is 18.4 Å². The Bertz CT molecular complexity index is 698. The van der Waals surface area contributed by atoms with Crippen molar-refractivity contribution in [2.75, 3.05) is 19.8 Å². The predicted octanol–water partition coefficient (Wildman–Crippen LogP) is 3.01. The van der Waals surface area contributed by atoms with E-state index in [9.17, 15) is 10.1 Å². The van der Waals surface area contributed by atoms with Crippen LogP contribution < -0.4 is 10.2 Å². The van der Waals surface area contributed by atoms with Gasteiger partial charge in [0.05, 0.1) is 22.7 Å². The molecule has 0 atom stereocenters. The number of nitro groups is 1. The molecule has 2 fully saturated rings. The predicted molar refractivity (Wildman–Crippen MR) is 103 cm³/mol. The molecule has 0 amide bonds. The molecule has 0 saturated carbocycles. The van der Waals surface area contributed by atoms with Crippen LogP contribution in [0.5, 0.6) is 5.75 Å². The minimum absolute atomic E-state index is 0.0493. The van der Waals surface area contributed by atoms with Gasteiger partial charge < -0.3 is 18.8 Å². The van der Waals surface area contributed by atoms with Gasteiger partial charge in [0.25, 0.3) is 0 Å². The number of hydrogen-bond acceptors (Lipinski definition) is 6. The second-order valence-corrected chi connectivity index (χ2v) is 8.41. The first kappa shape index (κ1) is 20.1. The van der Waals surface area contributed by atoms with Gasteiger partial charge in [-0.05, 0) is 58.9 Å². The molecule has 0 aliphatic carbocycles. The highest BCUT2D eigenvalue weighted by Gasteiger charge is 2.53. The molecule has 0 bridgehead atoms. The van der Waals surface area contributed by atoms with Crippen LogP contribution in [-0.4, -0.2) is 43.1 Å². The van der Waals surface area contributed by atoms with E-state index in [1.807, 2.05) is 40.7 Å². The van der Waals surface area contributed by atoms with Crippen molar-refractivity contribution in [1.82, 2.24) is 0 Å². The SMILES string of the molecule is Cc1cc(B2OC(C)(C)C(C)(C)O2)c(OCC2CCOCC2)c([N+](=O)[O-])c1. The molecule has 8 heteroatoms. The van der Waals surface area contributed by atoms with E-state index in [4.69, 9.17) is 18.8 Å². The summed E-state index contributed by atoms with van der Waals surface area (Å²) in [6.07, 6.45) is 1.79. The van der Waals surface area contributed by atoms with E-state index in [1.54, 1.807) is 0 Å². The van der Waals surface area contributed by atoms with Gasteiger partial charge in [-0.3, -0.25) is 10.1 Å². The quantitative estimate of drug-likeness (QED) is 0.446. The maximum absolute atomic E-state index is 11.7. The lowest BCUT2D eigenvalue weighted by Crippen LogP contribution is -2.41. The Hall–Kier alpha value is -1.64. The lowest BCUT2D eigenvalue weighted by atomic mass is 9.77. The number of nitro benzene ring substituents is 1. The normalized spacial score (nSPS) is 22.0. The summed E-state index contributed by atoms with van der Waals surface area (Å²) in [5, 5.41) is 11.7. The molecule has 1 aromatic rings. The third-order valence-corrected chi connectivity index (χ3v) is 5.75. The van der Waals surface area contributed by atoms with Gasteiger partial charge >= 0.3 is 12.8 Å². The average molecular weight is 377 g/mol. The average Bonchev–Trinajstić information content (AvgIpc) is 2.81. The fourth-order valence-electron chi connectivity index (χ4n) is 3.33. The molecule has 0 spiro atoms. The molecular weight excluding hydrogens is 349 g/mol. The highest BCUT2D eigenvalue weighted by Crippen LogP contribution is 2.38. The standard InChI is InChI=1S/C19H28BNO6/c1-13-10-15(20-26-18(2,3)19(4,5)27-20)17(16(11-13)21(22)23)25-12-14-6-8-24-9-7-14/h10-11,14H,6-9,12H2,1-5H3. The van der Waals surface area contributed by atoms with Crippen molar-refractivity contribution in [1.29, 1.82) is 0 Å². The molecule has 148 valence electrons. The Kier molecular flexibility index (Phi) is 5.52. The van der Waals surface area contributed by atoms with E-state index in [2.05, 4.69) is 0 Å². The lowest BCUT2D eigenvalue weighted by molar-refractivity contribution is -0.385. The Morgan fingerprint density at radius 2 is 1.78 bits per heavy atom. The van der Waals surface area contributed by atoms with Crippen LogP contribution in [0.2, 0.25) is 0 Å². The van der Waals surface area contributed by atoms with Gasteiger partial charge in [0.1, 0.15) is 0 Å². The van der Waals surface area contributed by atoms with Crippen molar-refractivity contribution in [2.24, 2.45) is 5.92 Å². The zero-order valence-electron chi connectivity index (χ0n) is 16.7.